The van der Waals surface area contributed by atoms with Crippen LogP contribution in [0, 0.1) is 5.82 Å². The molecule has 0 aliphatic heterocycles. The van der Waals surface area contributed by atoms with E-state index in [1.165, 1.54) is 29.2 Å². The maximum Gasteiger partial charge on any atom is 0.271 e. The highest BCUT2D eigenvalue weighted by Crippen LogP contribution is 2.18. The molecule has 3 rings (SSSR count). The summed E-state index contributed by atoms with van der Waals surface area (Å²) in [6.07, 6.45) is 1.53. The number of para-hydroxylation sites is 2. The van der Waals surface area contributed by atoms with E-state index in [-0.39, 0.29) is 5.91 Å². The van der Waals surface area contributed by atoms with Gasteiger partial charge in [-0.1, -0.05) is 12.1 Å². The number of rotatable bonds is 2. The monoisotopic (exact) mass is 333 g/mol. The molecule has 2 aromatic carbocycles. The number of halogens is 2. The van der Waals surface area contributed by atoms with Gasteiger partial charge in [0.1, 0.15) is 12.1 Å². The molecule has 6 heteroatoms. The molecule has 0 saturated heterocycles. The summed E-state index contributed by atoms with van der Waals surface area (Å²) >= 11 is 3.18. The number of imidazole rings is 1. The lowest BCUT2D eigenvalue weighted by atomic mass is 10.2. The van der Waals surface area contributed by atoms with E-state index in [1.54, 1.807) is 0 Å². The van der Waals surface area contributed by atoms with E-state index in [1.807, 2.05) is 24.3 Å². The van der Waals surface area contributed by atoms with Crippen molar-refractivity contribution < 1.29 is 9.18 Å². The zero-order valence-electron chi connectivity index (χ0n) is 10.2. The second kappa shape index (κ2) is 5.05. The Morgan fingerprint density at radius 2 is 2.05 bits per heavy atom. The maximum atomic E-state index is 13.0. The van der Waals surface area contributed by atoms with Gasteiger partial charge in [-0.15, -0.1) is 0 Å². The second-order valence-corrected chi connectivity index (χ2v) is 5.02. The van der Waals surface area contributed by atoms with Gasteiger partial charge in [0.2, 0.25) is 0 Å². The molecule has 0 bridgehead atoms. The molecule has 100 valence electrons. The highest BCUT2D eigenvalue weighted by Gasteiger charge is 2.12. The molecule has 0 aliphatic rings. The first-order chi connectivity index (χ1) is 9.65. The van der Waals surface area contributed by atoms with Crippen LogP contribution in [0.5, 0.6) is 0 Å². The maximum absolute atomic E-state index is 13.0. The van der Waals surface area contributed by atoms with Crippen molar-refractivity contribution in [2.24, 2.45) is 0 Å². The number of hydrogen-bond acceptors (Lipinski definition) is 2. The third-order valence-corrected chi connectivity index (χ3v) is 3.51. The van der Waals surface area contributed by atoms with Crippen molar-refractivity contribution in [3.8, 4) is 0 Å². The molecule has 20 heavy (non-hydrogen) atoms. The Kier molecular flexibility index (Phi) is 3.23. The number of hydrogen-bond donors (Lipinski definition) is 1. The van der Waals surface area contributed by atoms with E-state index in [0.29, 0.717) is 10.0 Å². The Balaban J connectivity index is 1.92. The molecule has 1 heterocycles. The summed E-state index contributed by atoms with van der Waals surface area (Å²) in [6, 6.07) is 11.4. The van der Waals surface area contributed by atoms with Crippen molar-refractivity contribution in [1.29, 1.82) is 0 Å². The van der Waals surface area contributed by atoms with Gasteiger partial charge in [-0.2, -0.15) is 0 Å². The van der Waals surface area contributed by atoms with E-state index in [0.717, 1.165) is 11.0 Å². The van der Waals surface area contributed by atoms with Crippen molar-refractivity contribution >= 4 is 32.9 Å². The Bertz CT molecular complexity index is 800. The van der Waals surface area contributed by atoms with Crippen LogP contribution in [0.4, 0.5) is 4.39 Å². The van der Waals surface area contributed by atoms with Gasteiger partial charge in [-0.25, -0.2) is 14.1 Å². The van der Waals surface area contributed by atoms with Crippen molar-refractivity contribution in [3.05, 3.63) is 64.6 Å². The number of carbonyl (C=O) groups is 1. The van der Waals surface area contributed by atoms with Gasteiger partial charge in [0.25, 0.3) is 5.91 Å². The summed E-state index contributed by atoms with van der Waals surface area (Å²) in [7, 11) is 0. The number of nitrogens with one attached hydrogen (secondary N) is 1. The first-order valence-corrected chi connectivity index (χ1v) is 6.63. The molecule has 1 aromatic heterocycles. The minimum Gasteiger partial charge on any atom is -0.267 e. The molecule has 0 fully saturated rings. The summed E-state index contributed by atoms with van der Waals surface area (Å²) in [5.74, 6) is -0.749. The molecule has 0 unspecified atom stereocenters. The predicted molar refractivity (Wildman–Crippen MR) is 77.5 cm³/mol. The van der Waals surface area contributed by atoms with Crippen LogP contribution in [0.3, 0.4) is 0 Å². The molecule has 0 atom stereocenters. The lowest BCUT2D eigenvalue weighted by Crippen LogP contribution is -2.22. The van der Waals surface area contributed by atoms with Crippen molar-refractivity contribution in [3.63, 3.8) is 0 Å². The average molecular weight is 334 g/mol. The summed E-state index contributed by atoms with van der Waals surface area (Å²) in [4.78, 5) is 16.4. The standard InChI is InChI=1S/C14H9BrFN3O/c15-11-7-9(16)5-6-10(11)14(20)18-19-8-17-12-3-1-2-4-13(12)19/h1-8H,(H,18,20). The predicted octanol–water partition coefficient (Wildman–Crippen LogP) is 3.32. The van der Waals surface area contributed by atoms with Crippen molar-refractivity contribution in [2.45, 2.75) is 0 Å². The number of carbonyl (C=O) groups excluding carboxylic acids is 1. The number of aromatic nitrogens is 2. The Labute approximate surface area is 122 Å². The van der Waals surface area contributed by atoms with Crippen LogP contribution in [0.25, 0.3) is 11.0 Å². The fraction of sp³-hybridized carbons (Fsp3) is 0. The van der Waals surface area contributed by atoms with Gasteiger partial charge in [-0.3, -0.25) is 10.2 Å². The van der Waals surface area contributed by atoms with Crippen LogP contribution in [0.15, 0.2) is 53.3 Å². The fourth-order valence-corrected chi connectivity index (χ4v) is 2.42. The van der Waals surface area contributed by atoms with Crippen LogP contribution in [-0.4, -0.2) is 15.6 Å². The Morgan fingerprint density at radius 1 is 1.25 bits per heavy atom. The SMILES string of the molecule is O=C(Nn1cnc2ccccc21)c1ccc(F)cc1Br. The first kappa shape index (κ1) is 12.8. The van der Waals surface area contributed by atoms with Crippen LogP contribution in [0.2, 0.25) is 0 Å². The van der Waals surface area contributed by atoms with E-state index in [2.05, 4.69) is 26.3 Å². The number of benzene rings is 2. The summed E-state index contributed by atoms with van der Waals surface area (Å²) in [6.45, 7) is 0. The normalized spacial score (nSPS) is 10.7. The number of fused-ring (bicyclic) bond motifs is 1. The lowest BCUT2D eigenvalue weighted by Gasteiger charge is -2.08. The fourth-order valence-electron chi connectivity index (χ4n) is 1.89. The van der Waals surface area contributed by atoms with E-state index < -0.39 is 5.82 Å². The highest BCUT2D eigenvalue weighted by atomic mass is 79.9. The summed E-state index contributed by atoms with van der Waals surface area (Å²) < 4.78 is 15.0. The van der Waals surface area contributed by atoms with E-state index >= 15 is 0 Å². The zero-order chi connectivity index (χ0) is 14.1. The minimum absolute atomic E-state index is 0.347. The molecule has 0 radical (unpaired) electrons. The van der Waals surface area contributed by atoms with Crippen LogP contribution >= 0.6 is 15.9 Å². The van der Waals surface area contributed by atoms with Gasteiger partial charge >= 0.3 is 0 Å². The van der Waals surface area contributed by atoms with Gasteiger partial charge in [0.15, 0.2) is 0 Å². The minimum atomic E-state index is -0.401. The smallest absolute Gasteiger partial charge is 0.267 e. The molecule has 0 aliphatic carbocycles. The average Bonchev–Trinajstić information content (AvgIpc) is 2.82. The summed E-state index contributed by atoms with van der Waals surface area (Å²) in [5.41, 5.74) is 4.63. The van der Waals surface area contributed by atoms with Crippen molar-refractivity contribution in [2.75, 3.05) is 5.43 Å². The van der Waals surface area contributed by atoms with Gasteiger partial charge in [0, 0.05) is 4.47 Å². The quantitative estimate of drug-likeness (QED) is 0.781. The second-order valence-electron chi connectivity index (χ2n) is 4.17. The third-order valence-electron chi connectivity index (χ3n) is 2.85. The molecule has 0 spiro atoms. The topological polar surface area (TPSA) is 46.9 Å². The highest BCUT2D eigenvalue weighted by molar-refractivity contribution is 9.10. The van der Waals surface area contributed by atoms with Gasteiger partial charge in [0.05, 0.1) is 16.6 Å². The number of nitrogens with zero attached hydrogens (tertiary/aromatic N) is 2. The third kappa shape index (κ3) is 2.30. The van der Waals surface area contributed by atoms with Crippen LogP contribution in [-0.2, 0) is 0 Å². The van der Waals surface area contributed by atoms with Crippen LogP contribution in [0.1, 0.15) is 10.4 Å². The van der Waals surface area contributed by atoms with Gasteiger partial charge < -0.3 is 0 Å². The molecule has 1 amide bonds. The Hall–Kier alpha value is -2.21. The largest absolute Gasteiger partial charge is 0.271 e. The molecule has 3 aromatic rings. The molecular formula is C14H9BrFN3O. The molecule has 0 saturated carbocycles. The zero-order valence-corrected chi connectivity index (χ0v) is 11.8. The number of amides is 1. The lowest BCUT2D eigenvalue weighted by molar-refractivity contribution is 0.101. The molecule has 4 nitrogen and oxygen atoms in total. The Morgan fingerprint density at radius 3 is 2.85 bits per heavy atom. The first-order valence-electron chi connectivity index (χ1n) is 5.83. The molecular weight excluding hydrogens is 325 g/mol. The summed E-state index contributed by atoms with van der Waals surface area (Å²) in [5, 5.41) is 0. The molecule has 1 N–H and O–H groups in total. The van der Waals surface area contributed by atoms with Crippen molar-refractivity contribution in [1.82, 2.24) is 9.66 Å². The van der Waals surface area contributed by atoms with E-state index in [4.69, 9.17) is 0 Å². The van der Waals surface area contributed by atoms with Gasteiger partial charge in [-0.05, 0) is 46.3 Å². The van der Waals surface area contributed by atoms with E-state index in [9.17, 15) is 9.18 Å². The van der Waals surface area contributed by atoms with Crippen LogP contribution < -0.4 is 5.43 Å².